The van der Waals surface area contributed by atoms with E-state index in [9.17, 15) is 14.4 Å². The van der Waals surface area contributed by atoms with Gasteiger partial charge in [-0.3, -0.25) is 14.4 Å². The topological polar surface area (TPSA) is 78.9 Å². The molecule has 0 aliphatic carbocycles. The Hall–Kier alpha value is -3.41. The number of hydrogen-bond acceptors (Lipinski definition) is 6. The van der Waals surface area contributed by atoms with Gasteiger partial charge in [0.15, 0.2) is 6.10 Å². The maximum atomic E-state index is 12.9. The van der Waals surface area contributed by atoms with Crippen molar-refractivity contribution < 1.29 is 28.6 Å². The van der Waals surface area contributed by atoms with Gasteiger partial charge in [-0.2, -0.15) is 0 Å². The second-order valence-electron chi connectivity index (χ2n) is 19.5. The fourth-order valence-corrected chi connectivity index (χ4v) is 8.10. The Kier molecular flexibility index (Phi) is 55.3. The van der Waals surface area contributed by atoms with Crippen molar-refractivity contribution >= 4 is 17.9 Å². The summed E-state index contributed by atoms with van der Waals surface area (Å²) in [6, 6.07) is 0. The number of allylic oxidation sites excluding steroid dienone is 14. The molecule has 0 saturated heterocycles. The average Bonchev–Trinajstić information content (AvgIpc) is 3.36. The Morgan fingerprint density at radius 3 is 0.857 bits per heavy atom. The summed E-state index contributed by atoms with van der Waals surface area (Å²) < 4.78 is 16.9. The number of unbranched alkanes of at least 4 members (excludes halogenated alkanes) is 28. The molecule has 402 valence electrons. The first kappa shape index (κ1) is 66.6. The van der Waals surface area contributed by atoms with Crippen LogP contribution in [0.3, 0.4) is 0 Å². The molecule has 0 saturated carbocycles. The van der Waals surface area contributed by atoms with Crippen molar-refractivity contribution in [3.8, 4) is 0 Å². The van der Waals surface area contributed by atoms with Crippen molar-refractivity contribution in [2.75, 3.05) is 13.2 Å². The standard InChI is InChI=1S/C64H110O6/c1-4-7-10-13-16-19-22-25-28-30-32-34-36-39-42-45-48-51-54-57-63(66)69-60-61(59-68-62(65)56-53-50-47-44-41-38-27-24-21-18-15-12-9-6-3)70-64(67)58-55-52-49-46-43-40-37-35-33-31-29-26-23-20-17-14-11-8-5-2/h16-17,19-20,24-29,32,34,39,42,61H,4-15,18,21-23,30-31,33,35-38,40-41,43-60H2,1-3H3/b19-16-,20-17-,27-24-,28-25-,29-26-,34-32-,42-39-/t61-/m1/s1. The van der Waals surface area contributed by atoms with Gasteiger partial charge in [0, 0.05) is 19.3 Å². The first-order chi connectivity index (χ1) is 34.5. The molecule has 6 heteroatoms. The molecular weight excluding hydrogens is 865 g/mol. The molecule has 0 aliphatic rings. The van der Waals surface area contributed by atoms with Crippen LogP contribution in [-0.4, -0.2) is 37.2 Å². The first-order valence-electron chi connectivity index (χ1n) is 29.6. The molecule has 70 heavy (non-hydrogen) atoms. The zero-order valence-corrected chi connectivity index (χ0v) is 46.0. The highest BCUT2D eigenvalue weighted by Gasteiger charge is 2.19. The van der Waals surface area contributed by atoms with E-state index >= 15 is 0 Å². The molecule has 0 bridgehead atoms. The summed E-state index contributed by atoms with van der Waals surface area (Å²) >= 11 is 0. The normalized spacial score (nSPS) is 12.7. The lowest BCUT2D eigenvalue weighted by molar-refractivity contribution is -0.167. The van der Waals surface area contributed by atoms with Gasteiger partial charge in [0.25, 0.3) is 0 Å². The number of esters is 3. The molecule has 0 heterocycles. The maximum Gasteiger partial charge on any atom is 0.306 e. The summed E-state index contributed by atoms with van der Waals surface area (Å²) in [5.41, 5.74) is 0. The van der Waals surface area contributed by atoms with Gasteiger partial charge in [-0.15, -0.1) is 0 Å². The van der Waals surface area contributed by atoms with Crippen LogP contribution in [0.5, 0.6) is 0 Å². The molecule has 0 aliphatic heterocycles. The lowest BCUT2D eigenvalue weighted by atomic mass is 10.1. The molecule has 0 unspecified atom stereocenters. The summed E-state index contributed by atoms with van der Waals surface area (Å²) in [5, 5.41) is 0. The lowest BCUT2D eigenvalue weighted by Crippen LogP contribution is -2.30. The highest BCUT2D eigenvalue weighted by Crippen LogP contribution is 2.15. The van der Waals surface area contributed by atoms with E-state index in [0.717, 1.165) is 96.3 Å². The molecule has 0 spiro atoms. The summed E-state index contributed by atoms with van der Waals surface area (Å²) in [4.78, 5) is 38.2. The molecule has 0 radical (unpaired) electrons. The molecule has 0 fully saturated rings. The Bertz CT molecular complexity index is 1350. The third-order valence-corrected chi connectivity index (χ3v) is 12.6. The van der Waals surface area contributed by atoms with Gasteiger partial charge < -0.3 is 14.2 Å². The molecule has 0 aromatic rings. The van der Waals surface area contributed by atoms with Crippen molar-refractivity contribution in [3.05, 3.63) is 85.1 Å². The van der Waals surface area contributed by atoms with E-state index in [0.29, 0.717) is 19.3 Å². The molecule has 6 nitrogen and oxygen atoms in total. The first-order valence-corrected chi connectivity index (χ1v) is 29.6. The van der Waals surface area contributed by atoms with Crippen molar-refractivity contribution in [2.45, 2.75) is 290 Å². The third-order valence-electron chi connectivity index (χ3n) is 12.6. The number of ether oxygens (including phenoxy) is 3. The van der Waals surface area contributed by atoms with Crippen molar-refractivity contribution in [3.63, 3.8) is 0 Å². The van der Waals surface area contributed by atoms with E-state index in [1.165, 1.54) is 148 Å². The van der Waals surface area contributed by atoms with Crippen molar-refractivity contribution in [1.29, 1.82) is 0 Å². The van der Waals surface area contributed by atoms with Crippen LogP contribution in [0.15, 0.2) is 85.1 Å². The fraction of sp³-hybridized carbons (Fsp3) is 0.734. The SMILES string of the molecule is CCCCC/C=C\C/C=C\C/C=C\C/C=C\CCCCCC(=O)OC[C@@H](COC(=O)CCCCCCC/C=C\CCCCCCC)OC(=O)CCCCCCCCCCC/C=C\C/C=C\CCCCC. The Labute approximate surface area is 433 Å². The fourth-order valence-electron chi connectivity index (χ4n) is 8.10. The molecule has 0 aromatic heterocycles. The van der Waals surface area contributed by atoms with Gasteiger partial charge in [0.05, 0.1) is 0 Å². The highest BCUT2D eigenvalue weighted by atomic mass is 16.6. The minimum atomic E-state index is -0.796. The lowest BCUT2D eigenvalue weighted by Gasteiger charge is -2.18. The van der Waals surface area contributed by atoms with Crippen LogP contribution in [0, 0.1) is 0 Å². The summed E-state index contributed by atoms with van der Waals surface area (Å²) in [6.07, 6.45) is 75.7. The van der Waals surface area contributed by atoms with Gasteiger partial charge in [0.1, 0.15) is 13.2 Å². The van der Waals surface area contributed by atoms with Gasteiger partial charge in [-0.1, -0.05) is 228 Å². The largest absolute Gasteiger partial charge is 0.462 e. The molecule has 0 amide bonds. The van der Waals surface area contributed by atoms with Gasteiger partial charge in [-0.05, 0) is 122 Å². The average molecular weight is 976 g/mol. The summed E-state index contributed by atoms with van der Waals surface area (Å²) in [7, 11) is 0. The second kappa shape index (κ2) is 58.2. The zero-order chi connectivity index (χ0) is 50.7. The monoisotopic (exact) mass is 975 g/mol. The summed E-state index contributed by atoms with van der Waals surface area (Å²) in [6.45, 7) is 6.56. The van der Waals surface area contributed by atoms with E-state index in [2.05, 4.69) is 106 Å². The van der Waals surface area contributed by atoms with Crippen LogP contribution in [0.1, 0.15) is 284 Å². The minimum Gasteiger partial charge on any atom is -0.462 e. The zero-order valence-electron chi connectivity index (χ0n) is 46.0. The van der Waals surface area contributed by atoms with Crippen LogP contribution in [0.4, 0.5) is 0 Å². The van der Waals surface area contributed by atoms with Crippen LogP contribution >= 0.6 is 0 Å². The van der Waals surface area contributed by atoms with Crippen LogP contribution in [0.2, 0.25) is 0 Å². The predicted octanol–water partition coefficient (Wildman–Crippen LogP) is 19.9. The highest BCUT2D eigenvalue weighted by molar-refractivity contribution is 5.71. The minimum absolute atomic E-state index is 0.0926. The van der Waals surface area contributed by atoms with E-state index in [1.54, 1.807) is 0 Å². The quantitative estimate of drug-likeness (QED) is 0.0261. The molecule has 1 atom stereocenters. The Morgan fingerprint density at radius 2 is 0.514 bits per heavy atom. The Morgan fingerprint density at radius 1 is 0.286 bits per heavy atom. The molecular formula is C64H110O6. The third kappa shape index (κ3) is 55.5. The van der Waals surface area contributed by atoms with Crippen LogP contribution in [-0.2, 0) is 28.6 Å². The smallest absolute Gasteiger partial charge is 0.306 e. The van der Waals surface area contributed by atoms with Gasteiger partial charge >= 0.3 is 17.9 Å². The predicted molar refractivity (Wildman–Crippen MR) is 302 cm³/mol. The van der Waals surface area contributed by atoms with Gasteiger partial charge in [-0.25, -0.2) is 0 Å². The van der Waals surface area contributed by atoms with Crippen LogP contribution in [0.25, 0.3) is 0 Å². The number of rotatable bonds is 53. The molecule has 0 rings (SSSR count). The van der Waals surface area contributed by atoms with E-state index in [-0.39, 0.29) is 31.1 Å². The second-order valence-corrected chi connectivity index (χ2v) is 19.5. The van der Waals surface area contributed by atoms with Crippen molar-refractivity contribution in [1.82, 2.24) is 0 Å². The molecule has 0 aromatic carbocycles. The number of carbonyl (C=O) groups excluding carboxylic acids is 3. The van der Waals surface area contributed by atoms with Crippen LogP contribution < -0.4 is 0 Å². The summed E-state index contributed by atoms with van der Waals surface area (Å²) in [5.74, 6) is -0.930. The number of hydrogen-bond donors (Lipinski definition) is 0. The number of carbonyl (C=O) groups is 3. The van der Waals surface area contributed by atoms with Crippen molar-refractivity contribution in [2.24, 2.45) is 0 Å². The molecule has 0 N–H and O–H groups in total. The Balaban J connectivity index is 4.45. The van der Waals surface area contributed by atoms with E-state index < -0.39 is 6.10 Å². The van der Waals surface area contributed by atoms with E-state index in [1.807, 2.05) is 0 Å². The van der Waals surface area contributed by atoms with E-state index in [4.69, 9.17) is 14.2 Å². The van der Waals surface area contributed by atoms with Gasteiger partial charge in [0.2, 0.25) is 0 Å². The maximum absolute atomic E-state index is 12.9.